The minimum atomic E-state index is -0.588. The summed E-state index contributed by atoms with van der Waals surface area (Å²) in [4.78, 5) is 0.828. The fourth-order valence-corrected chi connectivity index (χ4v) is 2.24. The van der Waals surface area contributed by atoms with Crippen LogP contribution in [0.3, 0.4) is 0 Å². The van der Waals surface area contributed by atoms with Crippen molar-refractivity contribution in [2.75, 3.05) is 0 Å². The normalized spacial score (nSPS) is 12.7. The number of hydrogen-bond acceptors (Lipinski definition) is 4. The second kappa shape index (κ2) is 4.85. The van der Waals surface area contributed by atoms with Crippen molar-refractivity contribution in [1.29, 1.82) is 0 Å². The molecule has 1 heterocycles. The van der Waals surface area contributed by atoms with E-state index in [1.165, 1.54) is 23.7 Å². The smallest absolute Gasteiger partial charge is 0.129 e. The fraction of sp³-hybridized carbons (Fsp3) is 0.273. The second-order valence-electron chi connectivity index (χ2n) is 3.77. The number of nitrogens with zero attached hydrogens (tertiary/aromatic N) is 2. The van der Waals surface area contributed by atoms with Crippen molar-refractivity contribution >= 4 is 11.5 Å². The number of halogens is 2. The Kier molecular flexibility index (Phi) is 3.44. The van der Waals surface area contributed by atoms with E-state index in [-0.39, 0.29) is 6.04 Å². The van der Waals surface area contributed by atoms with Crippen LogP contribution < -0.4 is 5.73 Å². The van der Waals surface area contributed by atoms with Crippen molar-refractivity contribution in [3.63, 3.8) is 0 Å². The number of aryl methyl sites for hydroxylation is 1. The molecule has 0 bridgehead atoms. The van der Waals surface area contributed by atoms with E-state index in [0.29, 0.717) is 12.0 Å². The minimum absolute atomic E-state index is 0.302. The lowest BCUT2D eigenvalue weighted by atomic mass is 10.0. The average molecular weight is 255 g/mol. The van der Waals surface area contributed by atoms with Crippen LogP contribution in [0.15, 0.2) is 18.2 Å². The van der Waals surface area contributed by atoms with E-state index in [0.717, 1.165) is 16.6 Å². The summed E-state index contributed by atoms with van der Waals surface area (Å²) in [5.74, 6) is -1.16. The summed E-state index contributed by atoms with van der Waals surface area (Å²) >= 11 is 1.20. The van der Waals surface area contributed by atoms with E-state index in [4.69, 9.17) is 5.73 Å². The summed E-state index contributed by atoms with van der Waals surface area (Å²) in [5.41, 5.74) is 7.10. The van der Waals surface area contributed by atoms with Gasteiger partial charge >= 0.3 is 0 Å². The molecule has 6 heteroatoms. The summed E-state index contributed by atoms with van der Waals surface area (Å²) < 4.78 is 29.9. The topological polar surface area (TPSA) is 51.8 Å². The third-order valence-corrected chi connectivity index (χ3v) is 3.44. The molecule has 2 N–H and O–H groups in total. The zero-order valence-electron chi connectivity index (χ0n) is 9.15. The van der Waals surface area contributed by atoms with E-state index >= 15 is 0 Å². The molecule has 0 amide bonds. The summed E-state index contributed by atoms with van der Waals surface area (Å²) in [5, 5.41) is 3.85. The van der Waals surface area contributed by atoms with Gasteiger partial charge in [-0.25, -0.2) is 8.78 Å². The largest absolute Gasteiger partial charge is 0.323 e. The molecule has 17 heavy (non-hydrogen) atoms. The highest BCUT2D eigenvalue weighted by Gasteiger charge is 2.15. The molecule has 0 aliphatic heterocycles. The van der Waals surface area contributed by atoms with Crippen LogP contribution in [-0.2, 0) is 6.42 Å². The molecule has 3 nitrogen and oxygen atoms in total. The molecule has 1 aromatic carbocycles. The van der Waals surface area contributed by atoms with Crippen LogP contribution >= 0.6 is 11.5 Å². The Morgan fingerprint density at radius 2 is 2.18 bits per heavy atom. The van der Waals surface area contributed by atoms with Crippen molar-refractivity contribution in [3.05, 3.63) is 46.0 Å². The average Bonchev–Trinajstić information content (AvgIpc) is 2.68. The first kappa shape index (κ1) is 12.1. The van der Waals surface area contributed by atoms with Crippen LogP contribution in [0.4, 0.5) is 8.78 Å². The van der Waals surface area contributed by atoms with E-state index in [9.17, 15) is 8.78 Å². The predicted octanol–water partition coefficient (Wildman–Crippen LogP) is 2.37. The van der Waals surface area contributed by atoms with Crippen LogP contribution in [0.2, 0.25) is 0 Å². The van der Waals surface area contributed by atoms with E-state index in [2.05, 4.69) is 9.59 Å². The molecule has 0 radical (unpaired) electrons. The zero-order chi connectivity index (χ0) is 12.4. The van der Waals surface area contributed by atoms with E-state index in [1.807, 2.05) is 0 Å². The summed E-state index contributed by atoms with van der Waals surface area (Å²) in [7, 11) is 0. The first-order chi connectivity index (χ1) is 8.08. The van der Waals surface area contributed by atoms with Crippen molar-refractivity contribution in [2.45, 2.75) is 19.4 Å². The van der Waals surface area contributed by atoms with Gasteiger partial charge in [0, 0.05) is 12.1 Å². The fourth-order valence-electron chi connectivity index (χ4n) is 1.59. The summed E-state index contributed by atoms with van der Waals surface area (Å²) in [6.07, 6.45) is 0.302. The van der Waals surface area contributed by atoms with Crippen LogP contribution in [0.1, 0.15) is 22.2 Å². The molecule has 2 aromatic rings. The van der Waals surface area contributed by atoms with Gasteiger partial charge in [0.25, 0.3) is 0 Å². The van der Waals surface area contributed by atoms with Gasteiger partial charge in [-0.05, 0) is 36.5 Å². The Hall–Kier alpha value is -1.40. The van der Waals surface area contributed by atoms with Crippen molar-refractivity contribution < 1.29 is 8.78 Å². The van der Waals surface area contributed by atoms with Gasteiger partial charge < -0.3 is 5.73 Å². The lowest BCUT2D eigenvalue weighted by molar-refractivity contribution is 0.563. The maximum atomic E-state index is 13.4. The lowest BCUT2D eigenvalue weighted by Gasteiger charge is -2.10. The first-order valence-electron chi connectivity index (χ1n) is 5.06. The van der Waals surface area contributed by atoms with Gasteiger partial charge in [-0.3, -0.25) is 0 Å². The highest BCUT2D eigenvalue weighted by atomic mass is 32.1. The first-order valence-corrected chi connectivity index (χ1v) is 5.83. The van der Waals surface area contributed by atoms with Gasteiger partial charge in [-0.2, -0.15) is 0 Å². The molecule has 0 saturated carbocycles. The molecule has 1 atom stereocenters. The molecule has 0 saturated heterocycles. The summed E-state index contributed by atoms with van der Waals surface area (Å²) in [6.45, 7) is 1.81. The Morgan fingerprint density at radius 3 is 2.76 bits per heavy atom. The highest BCUT2D eigenvalue weighted by Crippen LogP contribution is 2.22. The van der Waals surface area contributed by atoms with Gasteiger partial charge in [0.2, 0.25) is 0 Å². The maximum Gasteiger partial charge on any atom is 0.129 e. The van der Waals surface area contributed by atoms with Crippen molar-refractivity contribution in [2.24, 2.45) is 5.73 Å². The minimum Gasteiger partial charge on any atom is -0.323 e. The number of rotatable bonds is 3. The van der Waals surface area contributed by atoms with Crippen LogP contribution in [0, 0.1) is 18.6 Å². The number of benzene rings is 1. The molecule has 0 aliphatic carbocycles. The number of nitrogens with two attached hydrogens (primary N) is 1. The van der Waals surface area contributed by atoms with Gasteiger partial charge in [-0.15, -0.1) is 5.10 Å². The highest BCUT2D eigenvalue weighted by molar-refractivity contribution is 7.05. The standard InChI is InChI=1S/C11H11F2N3S/c1-6-11(17-16-15-6)10(14)4-7-2-3-8(12)5-9(7)13/h2-3,5,10H,4,14H2,1H3. The van der Waals surface area contributed by atoms with Gasteiger partial charge in [0.05, 0.1) is 10.6 Å². The van der Waals surface area contributed by atoms with Crippen LogP contribution in [-0.4, -0.2) is 9.59 Å². The van der Waals surface area contributed by atoms with E-state index in [1.54, 1.807) is 6.92 Å². The predicted molar refractivity (Wildman–Crippen MR) is 61.6 cm³/mol. The molecule has 1 aromatic heterocycles. The third-order valence-electron chi connectivity index (χ3n) is 2.48. The van der Waals surface area contributed by atoms with Crippen molar-refractivity contribution in [3.8, 4) is 0 Å². The Bertz CT molecular complexity index is 527. The molecule has 90 valence electrons. The van der Waals surface area contributed by atoms with E-state index < -0.39 is 11.6 Å². The quantitative estimate of drug-likeness (QED) is 0.916. The second-order valence-corrected chi connectivity index (χ2v) is 4.55. The number of hydrogen-bond donors (Lipinski definition) is 1. The number of aromatic nitrogens is 2. The molecule has 0 fully saturated rings. The molecular formula is C11H11F2N3S. The maximum absolute atomic E-state index is 13.4. The Morgan fingerprint density at radius 1 is 1.41 bits per heavy atom. The van der Waals surface area contributed by atoms with Crippen LogP contribution in [0.5, 0.6) is 0 Å². The molecule has 0 aliphatic rings. The lowest BCUT2D eigenvalue weighted by Crippen LogP contribution is -2.14. The van der Waals surface area contributed by atoms with Gasteiger partial charge in [-0.1, -0.05) is 10.6 Å². The SMILES string of the molecule is Cc1nnsc1C(N)Cc1ccc(F)cc1F. The molecule has 2 rings (SSSR count). The Labute approximate surface area is 101 Å². The third kappa shape index (κ3) is 2.65. The van der Waals surface area contributed by atoms with Gasteiger partial charge in [0.15, 0.2) is 0 Å². The molecule has 0 spiro atoms. The Balaban J connectivity index is 2.19. The zero-order valence-corrected chi connectivity index (χ0v) is 9.97. The summed E-state index contributed by atoms with van der Waals surface area (Å²) in [6, 6.07) is 3.13. The molecular weight excluding hydrogens is 244 g/mol. The van der Waals surface area contributed by atoms with Crippen molar-refractivity contribution in [1.82, 2.24) is 9.59 Å². The van der Waals surface area contributed by atoms with Crippen LogP contribution in [0.25, 0.3) is 0 Å². The molecule has 1 unspecified atom stereocenters. The van der Waals surface area contributed by atoms with Gasteiger partial charge in [0.1, 0.15) is 11.6 Å². The monoisotopic (exact) mass is 255 g/mol.